The maximum absolute atomic E-state index is 12.9. The first-order valence-electron chi connectivity index (χ1n) is 7.61. The van der Waals surface area contributed by atoms with Crippen molar-refractivity contribution in [3.8, 4) is 5.75 Å². The Morgan fingerprint density at radius 2 is 1.43 bits per heavy atom. The maximum Gasteiger partial charge on any atom is 0.530 e. The van der Waals surface area contributed by atoms with Gasteiger partial charge in [-0.2, -0.15) is 0 Å². The van der Waals surface area contributed by atoms with Crippen molar-refractivity contribution in [2.24, 2.45) is 0 Å². The highest BCUT2D eigenvalue weighted by atomic mass is 31.2. The van der Waals surface area contributed by atoms with Crippen molar-refractivity contribution in [1.82, 2.24) is 0 Å². The SMILES string of the molecule is Cc1ccc(C)c(OP2(=O)OCc3cc(C)c(C)cc3CO2)c1. The molecule has 1 aliphatic rings. The minimum Gasteiger partial charge on any atom is -0.404 e. The fourth-order valence-electron chi connectivity index (χ4n) is 2.52. The lowest BCUT2D eigenvalue weighted by atomic mass is 10.0. The molecule has 0 bridgehead atoms. The quantitative estimate of drug-likeness (QED) is 0.713. The number of phosphoric ester groups is 1. The molecule has 122 valence electrons. The zero-order valence-corrected chi connectivity index (χ0v) is 14.8. The zero-order chi connectivity index (χ0) is 16.6. The second-order valence-electron chi connectivity index (χ2n) is 6.06. The van der Waals surface area contributed by atoms with E-state index in [0.717, 1.165) is 22.3 Å². The van der Waals surface area contributed by atoms with Crippen LogP contribution in [0.4, 0.5) is 0 Å². The van der Waals surface area contributed by atoms with Crippen LogP contribution in [-0.4, -0.2) is 0 Å². The Kier molecular flexibility index (Phi) is 4.33. The predicted molar refractivity (Wildman–Crippen MR) is 89.6 cm³/mol. The smallest absolute Gasteiger partial charge is 0.404 e. The van der Waals surface area contributed by atoms with E-state index in [1.165, 1.54) is 11.1 Å². The summed E-state index contributed by atoms with van der Waals surface area (Å²) in [4.78, 5) is 0. The molecule has 1 heterocycles. The van der Waals surface area contributed by atoms with Crippen LogP contribution in [0.25, 0.3) is 0 Å². The second-order valence-corrected chi connectivity index (χ2v) is 7.65. The molecule has 3 rings (SSSR count). The van der Waals surface area contributed by atoms with Gasteiger partial charge in [-0.15, -0.1) is 0 Å². The van der Waals surface area contributed by atoms with Gasteiger partial charge in [0.05, 0.1) is 13.2 Å². The minimum absolute atomic E-state index is 0.221. The van der Waals surface area contributed by atoms with Crippen LogP contribution in [0.1, 0.15) is 33.4 Å². The molecule has 1 aliphatic heterocycles. The molecule has 0 saturated carbocycles. The van der Waals surface area contributed by atoms with Crippen molar-refractivity contribution < 1.29 is 18.1 Å². The van der Waals surface area contributed by atoms with Crippen LogP contribution >= 0.6 is 7.82 Å². The van der Waals surface area contributed by atoms with Gasteiger partial charge in [-0.25, -0.2) is 4.57 Å². The molecule has 2 aromatic rings. The van der Waals surface area contributed by atoms with Crippen molar-refractivity contribution in [2.45, 2.75) is 40.9 Å². The van der Waals surface area contributed by atoms with Crippen LogP contribution in [0.3, 0.4) is 0 Å². The van der Waals surface area contributed by atoms with Crippen LogP contribution in [0.15, 0.2) is 30.3 Å². The summed E-state index contributed by atoms with van der Waals surface area (Å²) in [7, 11) is -3.64. The number of fused-ring (bicyclic) bond motifs is 1. The zero-order valence-electron chi connectivity index (χ0n) is 13.9. The monoisotopic (exact) mass is 332 g/mol. The normalized spacial score (nSPS) is 16.5. The lowest BCUT2D eigenvalue weighted by Crippen LogP contribution is -2.00. The fraction of sp³-hybridized carbons (Fsp3) is 0.333. The third-order valence-corrected chi connectivity index (χ3v) is 5.44. The lowest BCUT2D eigenvalue weighted by Gasteiger charge is -2.17. The number of phosphoric acid groups is 1. The molecule has 0 amide bonds. The highest BCUT2D eigenvalue weighted by Gasteiger charge is 2.32. The molecule has 2 aromatic carbocycles. The van der Waals surface area contributed by atoms with E-state index in [1.807, 2.05) is 45.9 Å². The summed E-state index contributed by atoms with van der Waals surface area (Å²) in [5.74, 6) is 0.534. The molecular formula is C18H21O4P. The number of benzene rings is 2. The Bertz CT molecular complexity index is 761. The van der Waals surface area contributed by atoms with Gasteiger partial charge in [-0.05, 0) is 67.1 Å². The van der Waals surface area contributed by atoms with Crippen molar-refractivity contribution >= 4 is 7.82 Å². The van der Waals surface area contributed by atoms with Crippen LogP contribution in [0.5, 0.6) is 5.75 Å². The average molecular weight is 332 g/mol. The summed E-state index contributed by atoms with van der Waals surface area (Å²) < 4.78 is 29.5. The van der Waals surface area contributed by atoms with Gasteiger partial charge in [-0.3, -0.25) is 9.05 Å². The highest BCUT2D eigenvalue weighted by Crippen LogP contribution is 2.53. The summed E-state index contributed by atoms with van der Waals surface area (Å²) in [6.45, 7) is 8.40. The molecule has 0 saturated heterocycles. The molecule has 23 heavy (non-hydrogen) atoms. The molecule has 0 unspecified atom stereocenters. The summed E-state index contributed by atoms with van der Waals surface area (Å²) in [5.41, 5.74) is 6.28. The third kappa shape index (κ3) is 3.50. The number of hydrogen-bond acceptors (Lipinski definition) is 4. The van der Waals surface area contributed by atoms with Gasteiger partial charge in [0.2, 0.25) is 0 Å². The van der Waals surface area contributed by atoms with Gasteiger partial charge in [0.15, 0.2) is 0 Å². The van der Waals surface area contributed by atoms with Gasteiger partial charge in [0, 0.05) is 0 Å². The van der Waals surface area contributed by atoms with Crippen molar-refractivity contribution in [1.29, 1.82) is 0 Å². The average Bonchev–Trinajstić information content (AvgIpc) is 2.64. The Morgan fingerprint density at radius 3 is 2.00 bits per heavy atom. The molecule has 0 fully saturated rings. The third-order valence-electron chi connectivity index (χ3n) is 4.13. The largest absolute Gasteiger partial charge is 0.530 e. The fourth-order valence-corrected chi connectivity index (χ4v) is 3.73. The van der Waals surface area contributed by atoms with E-state index in [2.05, 4.69) is 12.1 Å². The van der Waals surface area contributed by atoms with E-state index in [1.54, 1.807) is 0 Å². The molecule has 0 atom stereocenters. The molecule has 0 spiro atoms. The first-order valence-corrected chi connectivity index (χ1v) is 9.07. The molecular weight excluding hydrogens is 311 g/mol. The van der Waals surface area contributed by atoms with Gasteiger partial charge < -0.3 is 4.52 Å². The Labute approximate surface area is 137 Å². The highest BCUT2D eigenvalue weighted by molar-refractivity contribution is 7.48. The van der Waals surface area contributed by atoms with Crippen molar-refractivity contribution in [3.63, 3.8) is 0 Å². The van der Waals surface area contributed by atoms with Crippen LogP contribution in [0.2, 0.25) is 0 Å². The Hall–Kier alpha value is -1.61. The number of hydrogen-bond donors (Lipinski definition) is 0. The van der Waals surface area contributed by atoms with Crippen molar-refractivity contribution in [3.05, 3.63) is 63.7 Å². The van der Waals surface area contributed by atoms with E-state index in [0.29, 0.717) is 5.75 Å². The van der Waals surface area contributed by atoms with Crippen molar-refractivity contribution in [2.75, 3.05) is 0 Å². The molecule has 4 nitrogen and oxygen atoms in total. The predicted octanol–water partition coefficient (Wildman–Crippen LogP) is 5.15. The number of rotatable bonds is 2. The van der Waals surface area contributed by atoms with Crippen LogP contribution in [0, 0.1) is 27.7 Å². The molecule has 0 N–H and O–H groups in total. The van der Waals surface area contributed by atoms with Gasteiger partial charge in [0.25, 0.3) is 0 Å². The van der Waals surface area contributed by atoms with E-state index in [9.17, 15) is 4.57 Å². The first-order chi connectivity index (χ1) is 10.9. The van der Waals surface area contributed by atoms with E-state index in [4.69, 9.17) is 13.6 Å². The Balaban J connectivity index is 1.85. The summed E-state index contributed by atoms with van der Waals surface area (Å²) in [6, 6.07) is 9.86. The van der Waals surface area contributed by atoms with Crippen LogP contribution in [-0.2, 0) is 26.8 Å². The Morgan fingerprint density at radius 1 is 0.870 bits per heavy atom. The minimum atomic E-state index is -3.64. The van der Waals surface area contributed by atoms with E-state index >= 15 is 0 Å². The second kappa shape index (κ2) is 6.12. The molecule has 0 radical (unpaired) electrons. The summed E-state index contributed by atoms with van der Waals surface area (Å²) in [6.07, 6.45) is 0. The van der Waals surface area contributed by atoms with Gasteiger partial charge >= 0.3 is 7.82 Å². The summed E-state index contributed by atoms with van der Waals surface area (Å²) >= 11 is 0. The van der Waals surface area contributed by atoms with Crippen LogP contribution < -0.4 is 4.52 Å². The van der Waals surface area contributed by atoms with E-state index in [-0.39, 0.29) is 13.2 Å². The summed E-state index contributed by atoms with van der Waals surface area (Å²) in [5, 5.41) is 0. The van der Waals surface area contributed by atoms with E-state index < -0.39 is 7.82 Å². The standard InChI is InChI=1S/C18H21O4P/c1-12-5-6-13(2)18(7-12)22-23(19)20-10-16-8-14(3)15(4)9-17(16)11-21-23/h5-9H,10-11H2,1-4H3. The molecule has 0 aromatic heterocycles. The molecule has 0 aliphatic carbocycles. The topological polar surface area (TPSA) is 44.8 Å². The molecule has 5 heteroatoms. The van der Waals surface area contributed by atoms with Gasteiger partial charge in [0.1, 0.15) is 5.75 Å². The first kappa shape index (κ1) is 16.3. The maximum atomic E-state index is 12.9. The van der Waals surface area contributed by atoms with Gasteiger partial charge in [-0.1, -0.05) is 24.3 Å². The lowest BCUT2D eigenvalue weighted by molar-refractivity contribution is 0.155. The number of aryl methyl sites for hydroxylation is 4.